The van der Waals surface area contributed by atoms with Crippen molar-refractivity contribution >= 4 is 34.8 Å². The Hall–Kier alpha value is -5.39. The predicted octanol–water partition coefficient (Wildman–Crippen LogP) is 11.1. The highest BCUT2D eigenvalue weighted by Gasteiger charge is 2.43. The fourth-order valence-corrected chi connectivity index (χ4v) is 10.4. The number of benzene rings is 2. The summed E-state index contributed by atoms with van der Waals surface area (Å²) in [4.78, 5) is 35.6. The van der Waals surface area contributed by atoms with Gasteiger partial charge in [0.1, 0.15) is 0 Å². The van der Waals surface area contributed by atoms with Crippen LogP contribution in [0.2, 0.25) is 0 Å². The summed E-state index contributed by atoms with van der Waals surface area (Å²) >= 11 is 7.37. The van der Waals surface area contributed by atoms with Gasteiger partial charge in [-0.05, 0) is 96.5 Å². The Balaban J connectivity index is 1.07. The third-order valence-corrected chi connectivity index (χ3v) is 14.7. The summed E-state index contributed by atoms with van der Waals surface area (Å²) in [5.74, 6) is 0.0773. The van der Waals surface area contributed by atoms with E-state index in [2.05, 4.69) is 141 Å². The molecule has 0 saturated carbocycles. The molecule has 1 unspecified atom stereocenters. The Kier molecular flexibility index (Phi) is 28.5. The zero-order valence-corrected chi connectivity index (χ0v) is 47.0. The second-order valence-electron chi connectivity index (χ2n) is 20.4. The highest BCUT2D eigenvalue weighted by Crippen LogP contribution is 2.49. The average molecular weight is 1090 g/mol. The number of fused-ring (bicyclic) bond motifs is 2. The van der Waals surface area contributed by atoms with Gasteiger partial charge in [-0.3, -0.25) is 9.59 Å². The lowest BCUT2D eigenvalue weighted by Crippen LogP contribution is -2.40. The average Bonchev–Trinajstić information content (AvgIpc) is 3.78. The molecule has 0 aromatic heterocycles. The third kappa shape index (κ3) is 20.7. The largest absolute Gasteiger partial charge is 0.379 e. The maximum Gasteiger partial charge on any atom is 0.220 e. The van der Waals surface area contributed by atoms with Gasteiger partial charge in [-0.1, -0.05) is 117 Å². The maximum atomic E-state index is 12.6. The van der Waals surface area contributed by atoms with E-state index < -0.39 is 0 Å². The van der Waals surface area contributed by atoms with Crippen molar-refractivity contribution in [2.75, 3.05) is 128 Å². The van der Waals surface area contributed by atoms with Crippen molar-refractivity contribution in [3.63, 3.8) is 0 Å². The molecule has 0 radical (unpaired) electrons. The topological polar surface area (TPSA) is 218 Å². The second kappa shape index (κ2) is 35.2. The van der Waals surface area contributed by atoms with Crippen LogP contribution < -0.4 is 20.4 Å². The number of amides is 2. The van der Waals surface area contributed by atoms with Gasteiger partial charge in [0.15, 0.2) is 0 Å². The molecule has 2 aliphatic heterocycles. The van der Waals surface area contributed by atoms with Crippen molar-refractivity contribution in [2.45, 2.75) is 115 Å². The van der Waals surface area contributed by atoms with Crippen LogP contribution in [0.3, 0.4) is 0 Å². The van der Waals surface area contributed by atoms with Gasteiger partial charge in [0.2, 0.25) is 11.8 Å². The molecule has 5 rings (SSSR count). The van der Waals surface area contributed by atoms with E-state index in [1.54, 1.807) is 0 Å². The van der Waals surface area contributed by atoms with Gasteiger partial charge >= 0.3 is 0 Å². The van der Waals surface area contributed by atoms with E-state index in [1.165, 1.54) is 33.8 Å². The highest BCUT2D eigenvalue weighted by atomic mass is 35.5. The van der Waals surface area contributed by atoms with Gasteiger partial charge in [-0.2, -0.15) is 0 Å². The van der Waals surface area contributed by atoms with E-state index in [4.69, 9.17) is 51.1 Å². The Morgan fingerprint density at radius 1 is 0.649 bits per heavy atom. The standard InChI is InChI=1S/C58H85ClN10O8/c1-57(2)48-18-9-11-20-50(48)68(32-13-5-7-22-54(70)62-28-34-72-38-42-76-44-40-74-36-30-64-66-60)52(57)26-24-46-16-15-17-47(56(46)59)25-27-53-58(3,4)49-19-10-12-21-51(49)69(53)33-14-6-8-23-55(71)63-29-35-73-39-43-77-45-41-75-37-31-65-67-61/h9-12,18-21,24-27,52H,5-8,13-17,22-23,28-45H2,1-4H3,(H,62,70)(H,63,71)/b26-24+,47-25+,53-27+. The number of hydrogen-bond acceptors (Lipinski definition) is 12. The zero-order valence-electron chi connectivity index (χ0n) is 46.2. The summed E-state index contributed by atoms with van der Waals surface area (Å²) in [5, 5.41) is 13.6. The van der Waals surface area contributed by atoms with Crippen LogP contribution in [0.15, 0.2) is 105 Å². The van der Waals surface area contributed by atoms with E-state index in [0.29, 0.717) is 118 Å². The van der Waals surface area contributed by atoms with Crippen LogP contribution in [0, 0.1) is 0 Å². The van der Waals surface area contributed by atoms with E-state index in [0.717, 1.165) is 81.5 Å². The Labute approximate surface area is 462 Å². The number of anilines is 2. The molecule has 1 aliphatic carbocycles. The molecule has 2 amide bonds. The quantitative estimate of drug-likeness (QED) is 0.0279. The van der Waals surface area contributed by atoms with E-state index in [-0.39, 0.29) is 28.7 Å². The minimum absolute atomic E-state index is 0.0367. The van der Waals surface area contributed by atoms with Crippen molar-refractivity contribution < 1.29 is 38.0 Å². The third-order valence-electron chi connectivity index (χ3n) is 14.2. The summed E-state index contributed by atoms with van der Waals surface area (Å²) in [6.07, 6.45) is 18.5. The second-order valence-corrected chi connectivity index (χ2v) is 20.7. The molecule has 422 valence electrons. The van der Waals surface area contributed by atoms with Crippen LogP contribution in [0.5, 0.6) is 0 Å². The fourth-order valence-electron chi connectivity index (χ4n) is 10.1. The first-order valence-electron chi connectivity index (χ1n) is 27.7. The molecule has 2 aromatic rings. The van der Waals surface area contributed by atoms with Crippen LogP contribution in [-0.4, -0.2) is 136 Å². The van der Waals surface area contributed by atoms with Gasteiger partial charge in [0.25, 0.3) is 0 Å². The Morgan fingerprint density at radius 3 is 1.73 bits per heavy atom. The van der Waals surface area contributed by atoms with Crippen LogP contribution in [0.1, 0.15) is 109 Å². The number of allylic oxidation sites excluding steroid dienone is 7. The first-order chi connectivity index (χ1) is 37.5. The summed E-state index contributed by atoms with van der Waals surface area (Å²) in [7, 11) is 0. The fraction of sp³-hybridized carbons (Fsp3) is 0.621. The highest BCUT2D eigenvalue weighted by molar-refractivity contribution is 6.32. The smallest absolute Gasteiger partial charge is 0.220 e. The van der Waals surface area contributed by atoms with Gasteiger partial charge in [0, 0.05) is 94.9 Å². The normalized spacial score (nSPS) is 17.4. The molecule has 0 fully saturated rings. The van der Waals surface area contributed by atoms with Crippen molar-refractivity contribution in [3.8, 4) is 0 Å². The predicted molar refractivity (Wildman–Crippen MR) is 305 cm³/mol. The molecular formula is C58H85ClN10O8. The summed E-state index contributed by atoms with van der Waals surface area (Å²) in [6, 6.07) is 17.6. The molecule has 0 saturated heterocycles. The number of para-hydroxylation sites is 2. The van der Waals surface area contributed by atoms with Gasteiger partial charge in [-0.15, -0.1) is 0 Å². The molecule has 3 aliphatic rings. The first-order valence-corrected chi connectivity index (χ1v) is 28.1. The van der Waals surface area contributed by atoms with Crippen LogP contribution in [-0.2, 0) is 48.8 Å². The van der Waals surface area contributed by atoms with Gasteiger partial charge in [-0.25, -0.2) is 0 Å². The number of hydrogen-bond donors (Lipinski definition) is 2. The first kappa shape index (κ1) is 62.5. The van der Waals surface area contributed by atoms with Crippen LogP contribution in [0.25, 0.3) is 20.9 Å². The summed E-state index contributed by atoms with van der Waals surface area (Å²) in [5.41, 5.74) is 25.0. The zero-order chi connectivity index (χ0) is 55.0. The van der Waals surface area contributed by atoms with Crippen molar-refractivity contribution in [1.29, 1.82) is 0 Å². The minimum Gasteiger partial charge on any atom is -0.379 e. The SMILES string of the molecule is CC1(C)/C(=C\C=C2/CCCC(/C=C/C3N(CCCCCC(=O)NCCOCCOCCOCCN=[N+]=[N-])c4ccccc4C3(C)C)=C2Cl)N(CCCCCC(=O)NCCOCCOCCOCCN=[N+]=[N-])c2ccccc21. The summed E-state index contributed by atoms with van der Waals surface area (Å²) in [6.45, 7) is 17.7. The number of nitrogens with one attached hydrogen (secondary N) is 2. The molecule has 2 aromatic carbocycles. The number of rotatable bonds is 39. The molecule has 0 spiro atoms. The Morgan fingerprint density at radius 2 is 1.16 bits per heavy atom. The molecule has 2 N–H and O–H groups in total. The molecule has 77 heavy (non-hydrogen) atoms. The lowest BCUT2D eigenvalue weighted by atomic mass is 9.80. The number of halogens is 1. The molecule has 0 bridgehead atoms. The van der Waals surface area contributed by atoms with Crippen molar-refractivity contribution in [2.24, 2.45) is 10.2 Å². The minimum atomic E-state index is -0.195. The number of ether oxygens (including phenoxy) is 6. The molecule has 1 atom stereocenters. The monoisotopic (exact) mass is 1080 g/mol. The summed E-state index contributed by atoms with van der Waals surface area (Å²) < 4.78 is 32.7. The van der Waals surface area contributed by atoms with Crippen molar-refractivity contribution in [1.82, 2.24) is 10.6 Å². The number of carbonyl (C=O) groups excluding carboxylic acids is 2. The lowest BCUT2D eigenvalue weighted by molar-refractivity contribution is -0.122. The lowest BCUT2D eigenvalue weighted by Gasteiger charge is -2.33. The van der Waals surface area contributed by atoms with Crippen molar-refractivity contribution in [3.05, 3.63) is 127 Å². The Bertz CT molecular complexity index is 2360. The van der Waals surface area contributed by atoms with Crippen LogP contribution >= 0.6 is 11.6 Å². The number of unbranched alkanes of at least 4 members (excludes halogenated alkanes) is 4. The van der Waals surface area contributed by atoms with E-state index >= 15 is 0 Å². The van der Waals surface area contributed by atoms with E-state index in [9.17, 15) is 9.59 Å². The molecule has 2 heterocycles. The van der Waals surface area contributed by atoms with Crippen LogP contribution in [0.4, 0.5) is 11.4 Å². The maximum absolute atomic E-state index is 12.6. The number of azide groups is 2. The van der Waals surface area contributed by atoms with Gasteiger partial charge < -0.3 is 48.9 Å². The molecule has 19 heteroatoms. The molecule has 18 nitrogen and oxygen atoms in total. The number of nitrogens with zero attached hydrogens (tertiary/aromatic N) is 8. The van der Waals surface area contributed by atoms with Gasteiger partial charge in [0.05, 0.1) is 85.3 Å². The molecular weight excluding hydrogens is 1000 g/mol. The number of carbonyl (C=O) groups is 2. The van der Waals surface area contributed by atoms with E-state index in [1.807, 2.05) is 0 Å².